The van der Waals surface area contributed by atoms with Gasteiger partial charge in [-0.15, -0.1) is 0 Å². The number of nitrogens with zero attached hydrogens (tertiary/aromatic N) is 2. The van der Waals surface area contributed by atoms with Crippen LogP contribution in [-0.4, -0.2) is 34.8 Å². The standard InChI is InChI=1S/C34H43F3N2O3/c1-3-5-7-9-10-12-14-31(34(35,36)37)42-33(40)28-17-15-27(16-18-28)32-38-24-29(25-39-32)26-19-21-30(22-20-26)41-23-13-11-8-6-4-2/h15-22,24-25,31H,3-14,23H2,1-2H3. The third kappa shape index (κ3) is 11.1. The van der Waals surface area contributed by atoms with Crippen LogP contribution in [-0.2, 0) is 4.74 Å². The first kappa shape index (κ1) is 33.1. The van der Waals surface area contributed by atoms with Gasteiger partial charge in [0.15, 0.2) is 11.9 Å². The molecule has 1 aromatic heterocycles. The monoisotopic (exact) mass is 584 g/mol. The number of esters is 1. The summed E-state index contributed by atoms with van der Waals surface area (Å²) in [5, 5.41) is 0. The molecule has 0 aliphatic rings. The van der Waals surface area contributed by atoms with Crippen molar-refractivity contribution in [2.45, 2.75) is 103 Å². The highest BCUT2D eigenvalue weighted by Gasteiger charge is 2.42. The summed E-state index contributed by atoms with van der Waals surface area (Å²) in [6.45, 7) is 4.99. The van der Waals surface area contributed by atoms with Crippen molar-refractivity contribution in [3.8, 4) is 28.3 Å². The van der Waals surface area contributed by atoms with Crippen LogP contribution < -0.4 is 4.74 Å². The van der Waals surface area contributed by atoms with Crippen molar-refractivity contribution in [1.82, 2.24) is 9.97 Å². The molecule has 0 fully saturated rings. The minimum atomic E-state index is -4.60. The molecule has 0 saturated carbocycles. The molecule has 1 atom stereocenters. The summed E-state index contributed by atoms with van der Waals surface area (Å²) < 4.78 is 51.2. The minimum Gasteiger partial charge on any atom is -0.494 e. The van der Waals surface area contributed by atoms with E-state index >= 15 is 0 Å². The maximum Gasteiger partial charge on any atom is 0.425 e. The van der Waals surface area contributed by atoms with E-state index < -0.39 is 18.2 Å². The summed E-state index contributed by atoms with van der Waals surface area (Å²) in [5.41, 5.74) is 2.49. The van der Waals surface area contributed by atoms with Gasteiger partial charge < -0.3 is 9.47 Å². The third-order valence-corrected chi connectivity index (χ3v) is 7.17. The smallest absolute Gasteiger partial charge is 0.425 e. The number of unbranched alkanes of at least 4 members (excludes halogenated alkanes) is 9. The van der Waals surface area contributed by atoms with Gasteiger partial charge in [0.25, 0.3) is 0 Å². The summed E-state index contributed by atoms with van der Waals surface area (Å²) in [4.78, 5) is 21.4. The zero-order chi connectivity index (χ0) is 30.2. The van der Waals surface area contributed by atoms with Gasteiger partial charge in [-0.2, -0.15) is 13.2 Å². The molecule has 0 bridgehead atoms. The van der Waals surface area contributed by atoms with Crippen LogP contribution in [0.5, 0.6) is 5.75 Å². The van der Waals surface area contributed by atoms with Crippen molar-refractivity contribution < 1.29 is 27.4 Å². The molecule has 0 N–H and O–H groups in total. The summed E-state index contributed by atoms with van der Waals surface area (Å²) >= 11 is 0. The number of hydrogen-bond donors (Lipinski definition) is 0. The predicted molar refractivity (Wildman–Crippen MR) is 160 cm³/mol. The van der Waals surface area contributed by atoms with Crippen LogP contribution in [0.2, 0.25) is 0 Å². The lowest BCUT2D eigenvalue weighted by molar-refractivity contribution is -0.206. The molecule has 3 rings (SSSR count). The van der Waals surface area contributed by atoms with Gasteiger partial charge in [0.2, 0.25) is 0 Å². The quantitative estimate of drug-likeness (QED) is 0.110. The van der Waals surface area contributed by atoms with Crippen molar-refractivity contribution in [3.63, 3.8) is 0 Å². The van der Waals surface area contributed by atoms with Gasteiger partial charge in [-0.05, 0) is 49.1 Å². The van der Waals surface area contributed by atoms with Crippen LogP contribution >= 0.6 is 0 Å². The second-order valence-corrected chi connectivity index (χ2v) is 10.7. The predicted octanol–water partition coefficient (Wildman–Crippen LogP) is 10.00. The van der Waals surface area contributed by atoms with Crippen LogP contribution in [0.3, 0.4) is 0 Å². The van der Waals surface area contributed by atoms with E-state index in [2.05, 4.69) is 23.8 Å². The Morgan fingerprint density at radius 3 is 1.86 bits per heavy atom. The van der Waals surface area contributed by atoms with Crippen molar-refractivity contribution >= 4 is 5.97 Å². The Morgan fingerprint density at radius 1 is 0.714 bits per heavy atom. The molecule has 3 aromatic rings. The van der Waals surface area contributed by atoms with E-state index in [9.17, 15) is 18.0 Å². The Balaban J connectivity index is 1.52. The molecular weight excluding hydrogens is 541 g/mol. The fraction of sp³-hybridized carbons (Fsp3) is 0.500. The third-order valence-electron chi connectivity index (χ3n) is 7.17. The van der Waals surface area contributed by atoms with E-state index in [1.807, 2.05) is 24.3 Å². The van der Waals surface area contributed by atoms with Gasteiger partial charge >= 0.3 is 12.1 Å². The highest BCUT2D eigenvalue weighted by atomic mass is 19.4. The number of benzene rings is 2. The topological polar surface area (TPSA) is 61.3 Å². The van der Waals surface area contributed by atoms with E-state index in [1.54, 1.807) is 24.5 Å². The molecule has 0 radical (unpaired) electrons. The van der Waals surface area contributed by atoms with Crippen molar-refractivity contribution in [2.75, 3.05) is 6.61 Å². The first-order valence-corrected chi connectivity index (χ1v) is 15.2. The molecule has 0 saturated heterocycles. The SMILES string of the molecule is CCCCCCCCC(OC(=O)c1ccc(-c2ncc(-c3ccc(OCCCCCCC)cc3)cn2)cc1)C(F)(F)F. The minimum absolute atomic E-state index is 0.0517. The molecule has 0 spiro atoms. The Morgan fingerprint density at radius 2 is 1.26 bits per heavy atom. The van der Waals surface area contributed by atoms with E-state index in [1.165, 1.54) is 37.8 Å². The fourth-order valence-electron chi connectivity index (χ4n) is 4.62. The number of rotatable bonds is 18. The van der Waals surface area contributed by atoms with Crippen LogP contribution in [0, 0.1) is 0 Å². The number of alkyl halides is 3. The summed E-state index contributed by atoms with van der Waals surface area (Å²) in [5.74, 6) is 0.280. The number of carbonyl (C=O) groups is 1. The molecule has 2 aromatic carbocycles. The molecular formula is C34H43F3N2O3. The number of carbonyl (C=O) groups excluding carboxylic acids is 1. The van der Waals surface area contributed by atoms with Gasteiger partial charge in [-0.1, -0.05) is 95.9 Å². The van der Waals surface area contributed by atoms with Crippen molar-refractivity contribution in [1.29, 1.82) is 0 Å². The molecule has 0 amide bonds. The van der Waals surface area contributed by atoms with Crippen LogP contribution in [0.15, 0.2) is 60.9 Å². The second kappa shape index (κ2) is 17.5. The molecule has 0 aliphatic heterocycles. The molecule has 1 unspecified atom stereocenters. The zero-order valence-corrected chi connectivity index (χ0v) is 24.8. The Hall–Kier alpha value is -3.42. The van der Waals surface area contributed by atoms with Crippen molar-refractivity contribution in [3.05, 3.63) is 66.5 Å². The summed E-state index contributed by atoms with van der Waals surface area (Å²) in [6, 6.07) is 13.9. The number of hydrogen-bond acceptors (Lipinski definition) is 5. The average Bonchev–Trinajstić information content (AvgIpc) is 3.00. The van der Waals surface area contributed by atoms with E-state index in [4.69, 9.17) is 9.47 Å². The van der Waals surface area contributed by atoms with E-state index in [0.717, 1.165) is 49.0 Å². The molecule has 8 heteroatoms. The van der Waals surface area contributed by atoms with Gasteiger partial charge in [-0.3, -0.25) is 0 Å². The maximum atomic E-state index is 13.5. The second-order valence-electron chi connectivity index (χ2n) is 10.7. The molecule has 42 heavy (non-hydrogen) atoms. The summed E-state index contributed by atoms with van der Waals surface area (Å²) in [7, 11) is 0. The fourth-order valence-corrected chi connectivity index (χ4v) is 4.62. The van der Waals surface area contributed by atoms with Crippen LogP contribution in [0.4, 0.5) is 13.2 Å². The van der Waals surface area contributed by atoms with Crippen LogP contribution in [0.25, 0.3) is 22.5 Å². The Kier molecular flexibility index (Phi) is 13.8. The van der Waals surface area contributed by atoms with E-state index in [0.29, 0.717) is 30.8 Å². The number of halogens is 3. The van der Waals surface area contributed by atoms with Gasteiger partial charge in [0.1, 0.15) is 5.75 Å². The van der Waals surface area contributed by atoms with Gasteiger partial charge in [0, 0.05) is 23.5 Å². The Labute approximate surface area is 247 Å². The number of aromatic nitrogens is 2. The first-order chi connectivity index (χ1) is 20.3. The van der Waals surface area contributed by atoms with E-state index in [-0.39, 0.29) is 12.0 Å². The van der Waals surface area contributed by atoms with Gasteiger partial charge in [0.05, 0.1) is 12.2 Å². The summed E-state index contributed by atoms with van der Waals surface area (Å²) in [6.07, 6.45) is 7.55. The van der Waals surface area contributed by atoms with Gasteiger partial charge in [-0.25, -0.2) is 14.8 Å². The number of ether oxygens (including phenoxy) is 2. The molecule has 5 nitrogen and oxygen atoms in total. The lowest BCUT2D eigenvalue weighted by Crippen LogP contribution is -2.33. The normalized spacial score (nSPS) is 12.2. The molecule has 0 aliphatic carbocycles. The van der Waals surface area contributed by atoms with Crippen molar-refractivity contribution in [2.24, 2.45) is 0 Å². The maximum absolute atomic E-state index is 13.5. The highest BCUT2D eigenvalue weighted by Crippen LogP contribution is 2.29. The lowest BCUT2D eigenvalue weighted by Gasteiger charge is -2.20. The van der Waals surface area contributed by atoms with Crippen LogP contribution in [0.1, 0.15) is 101 Å². The zero-order valence-electron chi connectivity index (χ0n) is 24.8. The largest absolute Gasteiger partial charge is 0.494 e. The average molecular weight is 585 g/mol. The molecule has 1 heterocycles. The molecule has 228 valence electrons. The first-order valence-electron chi connectivity index (χ1n) is 15.2. The Bertz CT molecular complexity index is 1180. The lowest BCUT2D eigenvalue weighted by atomic mass is 10.1. The highest BCUT2D eigenvalue weighted by molar-refractivity contribution is 5.90.